The number of aryl methyl sites for hydroxylation is 1. The van der Waals surface area contributed by atoms with Crippen molar-refractivity contribution >= 4 is 5.84 Å². The largest absolute Gasteiger partial charge is 0.488 e. The Bertz CT molecular complexity index is 1250. The Morgan fingerprint density at radius 3 is 2.30 bits per heavy atom. The van der Waals surface area contributed by atoms with Crippen LogP contribution in [0.25, 0.3) is 11.1 Å². The van der Waals surface area contributed by atoms with Crippen LogP contribution >= 0.6 is 0 Å². The quantitative estimate of drug-likeness (QED) is 0.319. The fourth-order valence-electron chi connectivity index (χ4n) is 3.77. The number of hydrogen-bond donors (Lipinski definition) is 0. The Labute approximate surface area is 193 Å². The highest BCUT2D eigenvalue weighted by Gasteiger charge is 2.15. The molecule has 1 aliphatic heterocycles. The molecule has 1 aliphatic rings. The summed E-state index contributed by atoms with van der Waals surface area (Å²) in [5, 5.41) is 8.51. The Balaban J connectivity index is 1.16. The normalized spacial score (nSPS) is 14.8. The number of hydrogen-bond acceptors (Lipinski definition) is 5. The van der Waals surface area contributed by atoms with E-state index in [4.69, 9.17) is 4.74 Å². The van der Waals surface area contributed by atoms with Crippen molar-refractivity contribution in [2.75, 3.05) is 0 Å². The van der Waals surface area contributed by atoms with Gasteiger partial charge in [-0.15, -0.1) is 5.11 Å². The van der Waals surface area contributed by atoms with Crippen molar-refractivity contribution in [2.24, 2.45) is 15.2 Å². The number of para-hydroxylation sites is 1. The van der Waals surface area contributed by atoms with Crippen molar-refractivity contribution < 1.29 is 4.74 Å². The number of nitrogens with zero attached hydrogens (tertiary/aromatic N) is 4. The molecular formula is C28H24N4O. The molecule has 1 aromatic heterocycles. The van der Waals surface area contributed by atoms with Crippen molar-refractivity contribution in [1.82, 2.24) is 4.98 Å². The third kappa shape index (κ3) is 5.21. The van der Waals surface area contributed by atoms with E-state index in [9.17, 15) is 0 Å². The Hall–Kier alpha value is -4.12. The maximum absolute atomic E-state index is 6.16. The lowest BCUT2D eigenvalue weighted by Crippen LogP contribution is -2.02. The molecule has 1 unspecified atom stereocenters. The van der Waals surface area contributed by atoms with Gasteiger partial charge in [0.25, 0.3) is 0 Å². The van der Waals surface area contributed by atoms with Crippen molar-refractivity contribution in [3.8, 4) is 16.9 Å². The smallest absolute Gasteiger partial charge is 0.180 e. The van der Waals surface area contributed by atoms with Gasteiger partial charge in [0.15, 0.2) is 12.0 Å². The van der Waals surface area contributed by atoms with Gasteiger partial charge >= 0.3 is 0 Å². The Morgan fingerprint density at radius 1 is 0.727 bits per heavy atom. The zero-order valence-electron chi connectivity index (χ0n) is 18.2. The molecule has 5 nitrogen and oxygen atoms in total. The van der Waals surface area contributed by atoms with Crippen LogP contribution in [0.15, 0.2) is 119 Å². The molecule has 0 saturated carbocycles. The van der Waals surface area contributed by atoms with Crippen LogP contribution in [0, 0.1) is 0 Å². The molecular weight excluding hydrogens is 408 g/mol. The van der Waals surface area contributed by atoms with Crippen LogP contribution in [-0.2, 0) is 13.0 Å². The van der Waals surface area contributed by atoms with Crippen LogP contribution in [0.3, 0.4) is 0 Å². The first-order valence-corrected chi connectivity index (χ1v) is 11.1. The number of ether oxygens (including phenoxy) is 1. The summed E-state index contributed by atoms with van der Waals surface area (Å²) in [6.07, 6.45) is 5.10. The van der Waals surface area contributed by atoms with Crippen LogP contribution in [0.5, 0.6) is 5.75 Å². The zero-order valence-corrected chi connectivity index (χ0v) is 18.2. The highest BCUT2D eigenvalue weighted by Crippen LogP contribution is 2.30. The topological polar surface area (TPSA) is 59.2 Å². The fraction of sp³-hybridized carbons (Fsp3) is 0.143. The maximum Gasteiger partial charge on any atom is 0.180 e. The minimum Gasteiger partial charge on any atom is -0.488 e. The van der Waals surface area contributed by atoms with E-state index in [2.05, 4.69) is 62.7 Å². The monoisotopic (exact) mass is 432 g/mol. The van der Waals surface area contributed by atoms with E-state index < -0.39 is 0 Å². The molecule has 0 saturated heterocycles. The predicted octanol–water partition coefficient (Wildman–Crippen LogP) is 6.50. The van der Waals surface area contributed by atoms with Gasteiger partial charge < -0.3 is 4.74 Å². The molecule has 0 radical (unpaired) electrons. The van der Waals surface area contributed by atoms with Gasteiger partial charge in [-0.25, -0.2) is 4.99 Å². The van der Waals surface area contributed by atoms with E-state index in [0.717, 1.165) is 40.8 Å². The number of benzene rings is 3. The summed E-state index contributed by atoms with van der Waals surface area (Å²) in [5.41, 5.74) is 5.55. The lowest BCUT2D eigenvalue weighted by atomic mass is 10.0. The number of rotatable bonds is 8. The number of aromatic nitrogens is 1. The molecule has 5 rings (SSSR count). The molecule has 1 atom stereocenters. The molecule has 0 bridgehead atoms. The molecule has 0 N–H and O–H groups in total. The highest BCUT2D eigenvalue weighted by molar-refractivity contribution is 5.99. The molecule has 5 heteroatoms. The van der Waals surface area contributed by atoms with Gasteiger partial charge in [0.1, 0.15) is 12.4 Å². The molecule has 0 amide bonds. The lowest BCUT2D eigenvalue weighted by molar-refractivity contribution is 0.307. The van der Waals surface area contributed by atoms with Gasteiger partial charge in [-0.05, 0) is 47.7 Å². The lowest BCUT2D eigenvalue weighted by Gasteiger charge is -2.12. The van der Waals surface area contributed by atoms with Crippen molar-refractivity contribution in [2.45, 2.75) is 25.6 Å². The molecule has 0 fully saturated rings. The summed E-state index contributed by atoms with van der Waals surface area (Å²) in [5.74, 6) is 1.55. The summed E-state index contributed by atoms with van der Waals surface area (Å²) in [6.45, 7) is 0.528. The third-order valence-corrected chi connectivity index (χ3v) is 5.56. The molecule has 33 heavy (non-hydrogen) atoms. The van der Waals surface area contributed by atoms with E-state index in [1.807, 2.05) is 48.5 Å². The van der Waals surface area contributed by atoms with E-state index in [1.54, 1.807) is 12.4 Å². The summed E-state index contributed by atoms with van der Waals surface area (Å²) >= 11 is 0. The van der Waals surface area contributed by atoms with Gasteiger partial charge in [-0.1, -0.05) is 72.8 Å². The minimum atomic E-state index is -0.127. The van der Waals surface area contributed by atoms with Gasteiger partial charge in [0.05, 0.1) is 0 Å². The van der Waals surface area contributed by atoms with E-state index in [-0.39, 0.29) is 6.17 Å². The SMILES string of the molecule is c1ccc(-c2ccccc2OCc2ccc(CCC3N=NC(c4cccnc4)=N3)cc2)cc1. The van der Waals surface area contributed by atoms with Crippen LogP contribution in [0.2, 0.25) is 0 Å². The van der Waals surface area contributed by atoms with Gasteiger partial charge in [0, 0.05) is 23.5 Å². The predicted molar refractivity (Wildman–Crippen MR) is 130 cm³/mol. The summed E-state index contributed by atoms with van der Waals surface area (Å²) < 4.78 is 6.16. The first-order valence-electron chi connectivity index (χ1n) is 11.1. The fourth-order valence-corrected chi connectivity index (χ4v) is 3.77. The molecule has 0 aliphatic carbocycles. The van der Waals surface area contributed by atoms with Crippen LogP contribution < -0.4 is 4.74 Å². The zero-order chi connectivity index (χ0) is 22.3. The number of amidine groups is 1. The van der Waals surface area contributed by atoms with Crippen molar-refractivity contribution in [3.05, 3.63) is 120 Å². The van der Waals surface area contributed by atoms with E-state index in [1.165, 1.54) is 5.56 Å². The Kier molecular flexibility index (Phi) is 6.29. The summed E-state index contributed by atoms with van der Waals surface area (Å²) in [4.78, 5) is 8.73. The highest BCUT2D eigenvalue weighted by atomic mass is 16.5. The first-order chi connectivity index (χ1) is 16.3. The van der Waals surface area contributed by atoms with Gasteiger partial charge in [-0.2, -0.15) is 5.11 Å². The second-order valence-electron chi connectivity index (χ2n) is 7.90. The van der Waals surface area contributed by atoms with Crippen molar-refractivity contribution in [3.63, 3.8) is 0 Å². The average Bonchev–Trinajstić information content (AvgIpc) is 3.37. The number of aliphatic imine (C=N–C) groups is 1. The van der Waals surface area contributed by atoms with Gasteiger partial charge in [0.2, 0.25) is 0 Å². The maximum atomic E-state index is 6.16. The molecule has 0 spiro atoms. The average molecular weight is 433 g/mol. The number of pyridine rings is 1. The second kappa shape index (κ2) is 10.0. The van der Waals surface area contributed by atoms with Crippen molar-refractivity contribution in [1.29, 1.82) is 0 Å². The standard InChI is InChI=1S/C28H24N4O/c1-2-7-23(8-3-1)25-10-4-5-11-26(25)33-20-22-14-12-21(13-15-22)16-17-27-30-28(32-31-27)24-9-6-18-29-19-24/h1-15,18-19,27H,16-17,20H2. The van der Waals surface area contributed by atoms with Crippen LogP contribution in [0.1, 0.15) is 23.1 Å². The number of azo groups is 1. The van der Waals surface area contributed by atoms with E-state index in [0.29, 0.717) is 12.4 Å². The molecule has 162 valence electrons. The minimum absolute atomic E-state index is 0.127. The first kappa shape index (κ1) is 20.8. The van der Waals surface area contributed by atoms with Gasteiger partial charge in [-0.3, -0.25) is 4.98 Å². The van der Waals surface area contributed by atoms with Crippen LogP contribution in [0.4, 0.5) is 0 Å². The second-order valence-corrected chi connectivity index (χ2v) is 7.90. The summed E-state index contributed by atoms with van der Waals surface area (Å²) in [6, 6.07) is 30.9. The third-order valence-electron chi connectivity index (χ3n) is 5.56. The molecule has 3 aromatic carbocycles. The molecule has 2 heterocycles. The molecule has 4 aromatic rings. The van der Waals surface area contributed by atoms with Crippen LogP contribution in [-0.4, -0.2) is 17.0 Å². The van der Waals surface area contributed by atoms with E-state index >= 15 is 0 Å². The summed E-state index contributed by atoms with van der Waals surface area (Å²) in [7, 11) is 0. The Morgan fingerprint density at radius 2 is 1.48 bits per heavy atom.